The standard InChI is InChI=1S/2C2H5.CH4O.Zn/c3*1-2;/h2*1H2,2H3;2H,1H3;/q2*-1;;+2. The molecule has 0 aliphatic rings. The molecule has 0 spiro atoms. The van der Waals surface area contributed by atoms with Gasteiger partial charge in [-0.05, 0) is 0 Å². The molecule has 0 atom stereocenters. The third kappa shape index (κ3) is 406. The molecule has 2 heteroatoms. The van der Waals surface area contributed by atoms with E-state index in [1.54, 1.807) is 13.8 Å². The topological polar surface area (TPSA) is 20.2 Å². The molecule has 0 aliphatic carbocycles. The van der Waals surface area contributed by atoms with Crippen molar-refractivity contribution in [1.82, 2.24) is 0 Å². The quantitative estimate of drug-likeness (QED) is 0.413. The van der Waals surface area contributed by atoms with E-state index in [2.05, 4.69) is 13.8 Å². The molecule has 0 aromatic heterocycles. The smallest absolute Gasteiger partial charge is 0.400 e. The predicted octanol–water partition coefficient (Wildman–Crippen LogP) is 1.29. The average Bonchev–Trinajstić information content (AvgIpc) is 1.81. The monoisotopic (exact) mass is 154 g/mol. The second-order valence-corrected chi connectivity index (χ2v) is 0. The van der Waals surface area contributed by atoms with Gasteiger partial charge in [0.2, 0.25) is 0 Å². The van der Waals surface area contributed by atoms with Crippen molar-refractivity contribution < 1.29 is 24.6 Å². The van der Waals surface area contributed by atoms with Crippen molar-refractivity contribution in [3.8, 4) is 0 Å². The number of hydrogen-bond donors (Lipinski definition) is 1. The van der Waals surface area contributed by atoms with Gasteiger partial charge < -0.3 is 19.0 Å². The fraction of sp³-hybridized carbons (Fsp3) is 0.600. The van der Waals surface area contributed by atoms with Crippen LogP contribution in [0, 0.1) is 13.8 Å². The van der Waals surface area contributed by atoms with Gasteiger partial charge in [0.1, 0.15) is 0 Å². The Morgan fingerprint density at radius 2 is 0.857 bits per heavy atom. The van der Waals surface area contributed by atoms with Crippen LogP contribution in [0.25, 0.3) is 0 Å². The maximum Gasteiger partial charge on any atom is 2.00 e. The predicted molar refractivity (Wildman–Crippen MR) is 30.2 cm³/mol. The Labute approximate surface area is 59.9 Å². The molecule has 0 saturated heterocycles. The molecule has 0 aromatic rings. The fourth-order valence-electron chi connectivity index (χ4n) is 0. The number of aliphatic hydroxyl groups excluding tert-OH is 1. The van der Waals surface area contributed by atoms with Gasteiger partial charge in [-0.1, -0.05) is 0 Å². The Hall–Kier alpha value is 0.583. The second kappa shape index (κ2) is 603. The Bertz CT molecular complexity index is 8.04. The molecule has 0 aliphatic heterocycles. The van der Waals surface area contributed by atoms with Crippen LogP contribution in [0.15, 0.2) is 0 Å². The fourth-order valence-corrected chi connectivity index (χ4v) is 0. The normalized spacial score (nSPS) is 2.57. The molecule has 7 heavy (non-hydrogen) atoms. The zero-order valence-corrected chi connectivity index (χ0v) is 8.54. The molecule has 1 nitrogen and oxygen atoms in total. The van der Waals surface area contributed by atoms with Crippen LogP contribution >= 0.6 is 0 Å². The molecule has 0 saturated carbocycles. The molecule has 1 N–H and O–H groups in total. The van der Waals surface area contributed by atoms with Crippen LogP contribution in [-0.4, -0.2) is 12.2 Å². The van der Waals surface area contributed by atoms with Crippen LogP contribution in [0.1, 0.15) is 13.8 Å². The summed E-state index contributed by atoms with van der Waals surface area (Å²) in [7, 11) is 1.00. The van der Waals surface area contributed by atoms with Gasteiger partial charge in [0, 0.05) is 7.11 Å². The van der Waals surface area contributed by atoms with Gasteiger partial charge in [0.05, 0.1) is 0 Å². The molecular weight excluding hydrogens is 141 g/mol. The van der Waals surface area contributed by atoms with Gasteiger partial charge in [-0.15, -0.1) is 0 Å². The van der Waals surface area contributed by atoms with Crippen LogP contribution in [-0.2, 0) is 19.5 Å². The first kappa shape index (κ1) is 25.6. The van der Waals surface area contributed by atoms with Gasteiger partial charge in [0.15, 0.2) is 0 Å². The third-order valence-corrected chi connectivity index (χ3v) is 0. The number of rotatable bonds is 0. The van der Waals surface area contributed by atoms with Crippen molar-refractivity contribution >= 4 is 0 Å². The number of hydrogen-bond acceptors (Lipinski definition) is 1. The van der Waals surface area contributed by atoms with Gasteiger partial charge in [-0.25, -0.2) is 0 Å². The van der Waals surface area contributed by atoms with Gasteiger partial charge in [-0.2, -0.15) is 13.8 Å². The van der Waals surface area contributed by atoms with Crippen LogP contribution in [0.5, 0.6) is 0 Å². The Morgan fingerprint density at radius 1 is 0.857 bits per heavy atom. The van der Waals surface area contributed by atoms with Crippen molar-refractivity contribution in [3.63, 3.8) is 0 Å². The molecule has 0 heterocycles. The molecular formula is C5H14OZn. The summed E-state index contributed by atoms with van der Waals surface area (Å²) in [5.41, 5.74) is 0. The largest absolute Gasteiger partial charge is 2.00 e. The third-order valence-electron chi connectivity index (χ3n) is 0. The van der Waals surface area contributed by atoms with E-state index >= 15 is 0 Å². The molecule has 0 rings (SSSR count). The SMILES string of the molecule is CO.[CH2-]C.[CH2-]C.[Zn+2]. The van der Waals surface area contributed by atoms with Crippen molar-refractivity contribution in [3.05, 3.63) is 13.8 Å². The van der Waals surface area contributed by atoms with Crippen LogP contribution < -0.4 is 0 Å². The summed E-state index contributed by atoms with van der Waals surface area (Å²) >= 11 is 0. The first-order chi connectivity index (χ1) is 3.00. The van der Waals surface area contributed by atoms with Gasteiger partial charge in [-0.3, -0.25) is 0 Å². The van der Waals surface area contributed by atoms with E-state index in [0.29, 0.717) is 0 Å². The second-order valence-electron chi connectivity index (χ2n) is 0. The first-order valence-corrected chi connectivity index (χ1v) is 1.86. The van der Waals surface area contributed by atoms with E-state index in [9.17, 15) is 0 Å². The maximum atomic E-state index is 7.00. The molecule has 0 unspecified atom stereocenters. The zero-order valence-electron chi connectivity index (χ0n) is 5.57. The van der Waals surface area contributed by atoms with E-state index in [4.69, 9.17) is 5.11 Å². The minimum atomic E-state index is 0. The molecule has 0 fully saturated rings. The van der Waals surface area contributed by atoms with Crippen LogP contribution in [0.3, 0.4) is 0 Å². The zero-order chi connectivity index (χ0) is 6.00. The van der Waals surface area contributed by atoms with Gasteiger partial charge in [0.25, 0.3) is 0 Å². The molecule has 42 valence electrons. The summed E-state index contributed by atoms with van der Waals surface area (Å²) in [6, 6.07) is 0. The van der Waals surface area contributed by atoms with E-state index in [0.717, 1.165) is 7.11 Å². The molecule has 0 bridgehead atoms. The maximum absolute atomic E-state index is 7.00. The van der Waals surface area contributed by atoms with Gasteiger partial charge >= 0.3 is 19.5 Å². The Kier molecular flexibility index (Phi) is 2210. The van der Waals surface area contributed by atoms with E-state index in [1.165, 1.54) is 0 Å². The van der Waals surface area contributed by atoms with Crippen molar-refractivity contribution in [2.75, 3.05) is 7.11 Å². The van der Waals surface area contributed by atoms with Crippen LogP contribution in [0.4, 0.5) is 0 Å². The summed E-state index contributed by atoms with van der Waals surface area (Å²) in [6.07, 6.45) is 0. The van der Waals surface area contributed by atoms with Crippen molar-refractivity contribution in [1.29, 1.82) is 0 Å². The van der Waals surface area contributed by atoms with Crippen molar-refractivity contribution in [2.45, 2.75) is 13.8 Å². The van der Waals surface area contributed by atoms with E-state index in [-0.39, 0.29) is 19.5 Å². The minimum absolute atomic E-state index is 0. The summed E-state index contributed by atoms with van der Waals surface area (Å²) in [5, 5.41) is 7.00. The minimum Gasteiger partial charge on any atom is -0.400 e. The molecule has 0 aromatic carbocycles. The summed E-state index contributed by atoms with van der Waals surface area (Å²) in [4.78, 5) is 0. The summed E-state index contributed by atoms with van der Waals surface area (Å²) in [6.45, 7) is 10.0. The van der Waals surface area contributed by atoms with E-state index in [1.807, 2.05) is 0 Å². The molecule has 0 radical (unpaired) electrons. The first-order valence-electron chi connectivity index (χ1n) is 1.86. The Morgan fingerprint density at radius 3 is 0.857 bits per heavy atom. The Balaban J connectivity index is -0.00000000900. The summed E-state index contributed by atoms with van der Waals surface area (Å²) in [5.74, 6) is 0. The summed E-state index contributed by atoms with van der Waals surface area (Å²) < 4.78 is 0. The van der Waals surface area contributed by atoms with Crippen LogP contribution in [0.2, 0.25) is 0 Å². The number of aliphatic hydroxyl groups is 1. The van der Waals surface area contributed by atoms with Crippen molar-refractivity contribution in [2.24, 2.45) is 0 Å². The average molecular weight is 156 g/mol. The van der Waals surface area contributed by atoms with E-state index < -0.39 is 0 Å². The molecule has 0 amide bonds.